The first kappa shape index (κ1) is 13.1. The van der Waals surface area contributed by atoms with Gasteiger partial charge in [-0.05, 0) is 19.9 Å². The van der Waals surface area contributed by atoms with Gasteiger partial charge in [0.15, 0.2) is 0 Å². The molecular formula is C14H18N2OS. The Labute approximate surface area is 112 Å². The van der Waals surface area contributed by atoms with Crippen LogP contribution in [0.2, 0.25) is 0 Å². The lowest BCUT2D eigenvalue weighted by Gasteiger charge is -2.16. The van der Waals surface area contributed by atoms with Crippen molar-refractivity contribution in [1.29, 1.82) is 0 Å². The lowest BCUT2D eigenvalue weighted by molar-refractivity contribution is 0.134. The molecule has 0 saturated heterocycles. The predicted molar refractivity (Wildman–Crippen MR) is 75.9 cm³/mol. The maximum absolute atomic E-state index is 5.48. The highest BCUT2D eigenvalue weighted by atomic mass is 32.1. The van der Waals surface area contributed by atoms with Gasteiger partial charge in [-0.15, -0.1) is 11.3 Å². The first-order chi connectivity index (χ1) is 8.81. The van der Waals surface area contributed by atoms with Crippen molar-refractivity contribution in [3.05, 3.63) is 46.4 Å². The van der Waals surface area contributed by atoms with Crippen molar-refractivity contribution in [1.82, 2.24) is 4.98 Å². The number of anilines is 1. The second-order valence-electron chi connectivity index (χ2n) is 4.03. The fourth-order valence-corrected chi connectivity index (χ4v) is 2.39. The summed E-state index contributed by atoms with van der Waals surface area (Å²) in [5.41, 5.74) is 2.30. The van der Waals surface area contributed by atoms with Gasteiger partial charge in [-0.2, -0.15) is 0 Å². The highest BCUT2D eigenvalue weighted by molar-refractivity contribution is 7.09. The third-order valence-corrected chi connectivity index (χ3v) is 3.63. The Kier molecular flexibility index (Phi) is 4.73. The summed E-state index contributed by atoms with van der Waals surface area (Å²) in [7, 11) is 0. The van der Waals surface area contributed by atoms with E-state index in [4.69, 9.17) is 4.74 Å². The number of hydrogen-bond acceptors (Lipinski definition) is 4. The number of rotatable bonds is 6. The van der Waals surface area contributed by atoms with Crippen LogP contribution in [-0.4, -0.2) is 11.6 Å². The minimum absolute atomic E-state index is 0.216. The zero-order chi connectivity index (χ0) is 12.8. The quantitative estimate of drug-likeness (QED) is 0.858. The Balaban J connectivity index is 2.08. The van der Waals surface area contributed by atoms with E-state index in [0.717, 1.165) is 17.3 Å². The molecule has 1 unspecified atom stereocenters. The lowest BCUT2D eigenvalue weighted by Crippen LogP contribution is -2.08. The van der Waals surface area contributed by atoms with E-state index in [0.29, 0.717) is 6.61 Å². The number of aromatic nitrogens is 1. The Morgan fingerprint density at radius 2 is 2.22 bits per heavy atom. The zero-order valence-electron chi connectivity index (χ0n) is 10.7. The summed E-state index contributed by atoms with van der Waals surface area (Å²) >= 11 is 1.67. The molecule has 3 nitrogen and oxygen atoms in total. The topological polar surface area (TPSA) is 34.1 Å². The maximum atomic E-state index is 5.48. The largest absolute Gasteiger partial charge is 0.377 e. The molecule has 0 amide bonds. The Bertz CT molecular complexity index is 470. The normalized spacial score (nSPS) is 12.3. The molecule has 1 N–H and O–H groups in total. The van der Waals surface area contributed by atoms with E-state index in [1.54, 1.807) is 11.3 Å². The molecule has 1 atom stereocenters. The first-order valence-corrected chi connectivity index (χ1v) is 7.00. The molecule has 1 heterocycles. The second-order valence-corrected chi connectivity index (χ2v) is 4.96. The molecule has 18 heavy (non-hydrogen) atoms. The number of hydrogen-bond donors (Lipinski definition) is 1. The van der Waals surface area contributed by atoms with Crippen molar-refractivity contribution in [3.8, 4) is 0 Å². The molecule has 0 aliphatic carbocycles. The molecule has 2 aromatic rings. The van der Waals surface area contributed by atoms with Crippen molar-refractivity contribution >= 4 is 17.0 Å². The molecule has 1 aromatic heterocycles. The third-order valence-electron chi connectivity index (χ3n) is 2.67. The molecule has 0 fully saturated rings. The van der Waals surface area contributed by atoms with Crippen molar-refractivity contribution < 1.29 is 4.74 Å². The molecule has 0 radical (unpaired) electrons. The predicted octanol–water partition coefficient (Wildman–Crippen LogP) is 3.85. The molecule has 0 saturated carbocycles. The van der Waals surface area contributed by atoms with E-state index in [2.05, 4.69) is 29.4 Å². The minimum atomic E-state index is 0.216. The van der Waals surface area contributed by atoms with E-state index in [1.807, 2.05) is 30.6 Å². The van der Waals surface area contributed by atoms with Gasteiger partial charge in [0.25, 0.3) is 0 Å². The smallest absolute Gasteiger partial charge is 0.115 e. The van der Waals surface area contributed by atoms with Crippen LogP contribution in [-0.2, 0) is 11.3 Å². The fourth-order valence-electron chi connectivity index (χ4n) is 1.74. The monoisotopic (exact) mass is 262 g/mol. The van der Waals surface area contributed by atoms with Gasteiger partial charge in [0.1, 0.15) is 5.01 Å². The summed E-state index contributed by atoms with van der Waals surface area (Å²) in [5, 5.41) is 6.59. The molecule has 0 aliphatic rings. The summed E-state index contributed by atoms with van der Waals surface area (Å²) in [6.45, 7) is 5.51. The van der Waals surface area contributed by atoms with E-state index >= 15 is 0 Å². The molecule has 2 rings (SSSR count). The number of para-hydroxylation sites is 1. The van der Waals surface area contributed by atoms with Crippen LogP contribution in [0.25, 0.3) is 0 Å². The number of benzene rings is 1. The van der Waals surface area contributed by atoms with Crippen LogP contribution < -0.4 is 5.32 Å². The minimum Gasteiger partial charge on any atom is -0.377 e. The van der Waals surface area contributed by atoms with E-state index in [1.165, 1.54) is 5.56 Å². The molecular weight excluding hydrogens is 244 g/mol. The average molecular weight is 262 g/mol. The lowest BCUT2D eigenvalue weighted by atomic mass is 10.1. The van der Waals surface area contributed by atoms with Gasteiger partial charge in [0.2, 0.25) is 0 Å². The van der Waals surface area contributed by atoms with Crippen molar-refractivity contribution in [2.45, 2.75) is 26.5 Å². The van der Waals surface area contributed by atoms with Crippen LogP contribution in [0.1, 0.15) is 30.5 Å². The summed E-state index contributed by atoms with van der Waals surface area (Å²) in [6, 6.07) is 8.46. The van der Waals surface area contributed by atoms with Crippen molar-refractivity contribution in [2.75, 3.05) is 11.9 Å². The van der Waals surface area contributed by atoms with Gasteiger partial charge < -0.3 is 10.1 Å². The number of nitrogens with one attached hydrogen (secondary N) is 1. The molecule has 0 aliphatic heterocycles. The van der Waals surface area contributed by atoms with Gasteiger partial charge in [0.05, 0.1) is 12.6 Å². The highest BCUT2D eigenvalue weighted by Crippen LogP contribution is 2.23. The molecule has 4 heteroatoms. The number of ether oxygens (including phenoxy) is 1. The Morgan fingerprint density at radius 1 is 1.39 bits per heavy atom. The second kappa shape index (κ2) is 6.52. The molecule has 0 spiro atoms. The molecule has 96 valence electrons. The van der Waals surface area contributed by atoms with Crippen LogP contribution >= 0.6 is 11.3 Å². The van der Waals surface area contributed by atoms with Gasteiger partial charge in [-0.1, -0.05) is 18.2 Å². The zero-order valence-corrected chi connectivity index (χ0v) is 11.5. The number of nitrogens with zero attached hydrogens (tertiary/aromatic N) is 1. The summed E-state index contributed by atoms with van der Waals surface area (Å²) in [4.78, 5) is 4.33. The van der Waals surface area contributed by atoms with Crippen LogP contribution in [0.15, 0.2) is 35.8 Å². The van der Waals surface area contributed by atoms with Gasteiger partial charge >= 0.3 is 0 Å². The first-order valence-electron chi connectivity index (χ1n) is 6.13. The van der Waals surface area contributed by atoms with Gasteiger partial charge in [-0.25, -0.2) is 4.98 Å². The van der Waals surface area contributed by atoms with Crippen LogP contribution in [0.5, 0.6) is 0 Å². The Hall–Kier alpha value is -1.39. The van der Waals surface area contributed by atoms with E-state index < -0.39 is 0 Å². The summed E-state index contributed by atoms with van der Waals surface area (Å²) in [5.74, 6) is 0. The van der Waals surface area contributed by atoms with E-state index in [-0.39, 0.29) is 6.04 Å². The molecule has 0 bridgehead atoms. The highest BCUT2D eigenvalue weighted by Gasteiger charge is 2.09. The summed E-state index contributed by atoms with van der Waals surface area (Å²) < 4.78 is 5.48. The van der Waals surface area contributed by atoms with Crippen molar-refractivity contribution in [2.24, 2.45) is 0 Å². The van der Waals surface area contributed by atoms with Crippen LogP contribution in [0.4, 0.5) is 5.69 Å². The van der Waals surface area contributed by atoms with Crippen LogP contribution in [0, 0.1) is 0 Å². The standard InChI is InChI=1S/C14H18N2OS/c1-3-17-10-12-6-4-5-7-13(12)16-11(2)14-15-8-9-18-14/h4-9,11,16H,3,10H2,1-2H3. The van der Waals surface area contributed by atoms with Crippen LogP contribution in [0.3, 0.4) is 0 Å². The van der Waals surface area contributed by atoms with Gasteiger partial charge in [-0.3, -0.25) is 0 Å². The fraction of sp³-hybridized carbons (Fsp3) is 0.357. The van der Waals surface area contributed by atoms with Crippen molar-refractivity contribution in [3.63, 3.8) is 0 Å². The Morgan fingerprint density at radius 3 is 2.94 bits per heavy atom. The van der Waals surface area contributed by atoms with E-state index in [9.17, 15) is 0 Å². The summed E-state index contributed by atoms with van der Waals surface area (Å²) in [6.07, 6.45) is 1.84. The average Bonchev–Trinajstić information content (AvgIpc) is 2.91. The SMILES string of the molecule is CCOCc1ccccc1NC(C)c1nccs1. The molecule has 1 aromatic carbocycles. The van der Waals surface area contributed by atoms with Gasteiger partial charge in [0, 0.05) is 29.4 Å². The number of thiazole rings is 1. The third kappa shape index (κ3) is 3.31. The maximum Gasteiger partial charge on any atom is 0.115 e.